The second-order valence-electron chi connectivity index (χ2n) is 4.33. The van der Waals surface area contributed by atoms with Crippen LogP contribution < -0.4 is 11.1 Å². The highest BCUT2D eigenvalue weighted by Gasteiger charge is 2.16. The lowest BCUT2D eigenvalue weighted by Gasteiger charge is -2.15. The van der Waals surface area contributed by atoms with Crippen LogP contribution in [0.1, 0.15) is 29.9 Å². The number of hydrogen-bond donors (Lipinski definition) is 3. The molecule has 0 saturated heterocycles. The van der Waals surface area contributed by atoms with Gasteiger partial charge in [-0.15, -0.1) is 0 Å². The summed E-state index contributed by atoms with van der Waals surface area (Å²) in [6.07, 6.45) is 1.40. The number of nitrogens with one attached hydrogen (secondary N) is 1. The Morgan fingerprint density at radius 1 is 1.50 bits per heavy atom. The lowest BCUT2D eigenvalue weighted by atomic mass is 10.1. The summed E-state index contributed by atoms with van der Waals surface area (Å²) in [5.41, 5.74) is 6.30. The highest BCUT2D eigenvalue weighted by Crippen LogP contribution is 2.03. The van der Waals surface area contributed by atoms with Crippen molar-refractivity contribution in [2.45, 2.75) is 26.4 Å². The van der Waals surface area contributed by atoms with Gasteiger partial charge < -0.3 is 16.2 Å². The van der Waals surface area contributed by atoms with E-state index in [0.717, 1.165) is 0 Å². The molecule has 0 unspecified atom stereocenters. The van der Waals surface area contributed by atoms with Gasteiger partial charge in [0.1, 0.15) is 0 Å². The standard InChI is InChI=1S/C12H17N3O3/c1-7(2)10(13)11(16)15-6-9-5-8(12(17)18)3-4-14-9/h3-5,7,10H,6,13H2,1-2H3,(H,15,16)(H,17,18)/t10-/m1/s1. The molecule has 0 saturated carbocycles. The molecule has 6 heteroatoms. The SMILES string of the molecule is CC(C)[C@@H](N)C(=O)NCc1cc(C(=O)O)ccn1. The molecule has 0 aliphatic heterocycles. The molecule has 0 aromatic carbocycles. The van der Waals surface area contributed by atoms with Crippen LogP contribution in [0.5, 0.6) is 0 Å². The van der Waals surface area contributed by atoms with E-state index in [0.29, 0.717) is 5.69 Å². The van der Waals surface area contributed by atoms with Crippen molar-refractivity contribution < 1.29 is 14.7 Å². The topological polar surface area (TPSA) is 105 Å². The fraction of sp³-hybridized carbons (Fsp3) is 0.417. The fourth-order valence-electron chi connectivity index (χ4n) is 1.31. The van der Waals surface area contributed by atoms with Crippen molar-refractivity contribution in [2.24, 2.45) is 11.7 Å². The number of hydrogen-bond acceptors (Lipinski definition) is 4. The van der Waals surface area contributed by atoms with Crippen LogP contribution in [0, 0.1) is 5.92 Å². The summed E-state index contributed by atoms with van der Waals surface area (Å²) in [5.74, 6) is -1.25. The van der Waals surface area contributed by atoms with Crippen molar-refractivity contribution >= 4 is 11.9 Å². The van der Waals surface area contributed by atoms with Gasteiger partial charge in [0.25, 0.3) is 0 Å². The Morgan fingerprint density at radius 3 is 2.72 bits per heavy atom. The predicted molar refractivity (Wildman–Crippen MR) is 65.9 cm³/mol. The van der Waals surface area contributed by atoms with Crippen LogP contribution in [0.2, 0.25) is 0 Å². The summed E-state index contributed by atoms with van der Waals surface area (Å²) < 4.78 is 0. The van der Waals surface area contributed by atoms with Crippen molar-refractivity contribution in [1.29, 1.82) is 0 Å². The molecule has 1 aromatic rings. The minimum atomic E-state index is -1.02. The van der Waals surface area contributed by atoms with Gasteiger partial charge in [0, 0.05) is 6.20 Å². The normalized spacial score (nSPS) is 12.2. The Morgan fingerprint density at radius 2 is 2.17 bits per heavy atom. The smallest absolute Gasteiger partial charge is 0.335 e. The highest BCUT2D eigenvalue weighted by molar-refractivity contribution is 5.87. The molecule has 1 rings (SSSR count). The molecule has 1 amide bonds. The third kappa shape index (κ3) is 3.81. The number of aromatic nitrogens is 1. The third-order valence-corrected chi connectivity index (χ3v) is 2.53. The molecule has 18 heavy (non-hydrogen) atoms. The summed E-state index contributed by atoms with van der Waals surface area (Å²) in [6, 6.07) is 2.24. The number of pyridine rings is 1. The van der Waals surface area contributed by atoms with Gasteiger partial charge in [0.2, 0.25) is 5.91 Å². The van der Waals surface area contributed by atoms with Crippen molar-refractivity contribution in [3.8, 4) is 0 Å². The molecule has 4 N–H and O–H groups in total. The van der Waals surface area contributed by atoms with Gasteiger partial charge in [-0.3, -0.25) is 9.78 Å². The van der Waals surface area contributed by atoms with Crippen LogP contribution in [-0.2, 0) is 11.3 Å². The maximum atomic E-state index is 11.6. The van der Waals surface area contributed by atoms with E-state index in [-0.39, 0.29) is 23.9 Å². The molecule has 0 spiro atoms. The average Bonchev–Trinajstić information content (AvgIpc) is 2.35. The van der Waals surface area contributed by atoms with Crippen LogP contribution in [0.15, 0.2) is 18.3 Å². The molecule has 1 heterocycles. The molecule has 98 valence electrons. The number of rotatable bonds is 5. The van der Waals surface area contributed by atoms with Gasteiger partial charge in [0.15, 0.2) is 0 Å². The van der Waals surface area contributed by atoms with Crippen LogP contribution in [0.4, 0.5) is 0 Å². The first-order valence-corrected chi connectivity index (χ1v) is 5.63. The van der Waals surface area contributed by atoms with Crippen molar-refractivity contribution in [1.82, 2.24) is 10.3 Å². The maximum Gasteiger partial charge on any atom is 0.335 e. The second kappa shape index (κ2) is 6.11. The molecule has 1 atom stereocenters. The van der Waals surface area contributed by atoms with E-state index in [1.807, 2.05) is 13.8 Å². The number of carbonyl (C=O) groups excluding carboxylic acids is 1. The molecule has 0 bridgehead atoms. The molecule has 0 aliphatic carbocycles. The number of amides is 1. The van der Waals surface area contributed by atoms with E-state index in [2.05, 4.69) is 10.3 Å². The van der Waals surface area contributed by atoms with E-state index in [1.54, 1.807) is 0 Å². The summed E-state index contributed by atoms with van der Waals surface area (Å²) in [6.45, 7) is 3.88. The Bertz CT molecular complexity index is 446. The molecule has 1 aromatic heterocycles. The zero-order valence-electron chi connectivity index (χ0n) is 10.4. The largest absolute Gasteiger partial charge is 0.478 e. The highest BCUT2D eigenvalue weighted by atomic mass is 16.4. The van der Waals surface area contributed by atoms with Crippen molar-refractivity contribution in [3.63, 3.8) is 0 Å². The molecule has 0 fully saturated rings. The monoisotopic (exact) mass is 251 g/mol. The van der Waals surface area contributed by atoms with Gasteiger partial charge in [0.05, 0.1) is 23.8 Å². The average molecular weight is 251 g/mol. The molecular weight excluding hydrogens is 234 g/mol. The van der Waals surface area contributed by atoms with E-state index >= 15 is 0 Å². The first kappa shape index (κ1) is 14.1. The van der Waals surface area contributed by atoms with E-state index < -0.39 is 12.0 Å². The summed E-state index contributed by atoms with van der Waals surface area (Å²) in [4.78, 5) is 26.3. The zero-order chi connectivity index (χ0) is 13.7. The Hall–Kier alpha value is -1.95. The minimum Gasteiger partial charge on any atom is -0.478 e. The summed E-state index contributed by atoms with van der Waals surface area (Å²) >= 11 is 0. The number of nitrogens with zero attached hydrogens (tertiary/aromatic N) is 1. The fourth-order valence-corrected chi connectivity index (χ4v) is 1.31. The van der Waals surface area contributed by atoms with Gasteiger partial charge >= 0.3 is 5.97 Å². The molecule has 0 aliphatic rings. The first-order valence-electron chi connectivity index (χ1n) is 5.63. The molecular formula is C12H17N3O3. The predicted octanol–water partition coefficient (Wildman–Crippen LogP) is 0.379. The number of carbonyl (C=O) groups is 2. The summed E-state index contributed by atoms with van der Waals surface area (Å²) in [5, 5.41) is 11.4. The van der Waals surface area contributed by atoms with Gasteiger partial charge in [-0.2, -0.15) is 0 Å². The Balaban J connectivity index is 2.61. The van der Waals surface area contributed by atoms with Crippen LogP contribution in [-0.4, -0.2) is 28.0 Å². The van der Waals surface area contributed by atoms with Gasteiger partial charge in [-0.1, -0.05) is 13.8 Å². The number of nitrogens with two attached hydrogens (primary N) is 1. The lowest BCUT2D eigenvalue weighted by Crippen LogP contribution is -2.43. The Kier molecular flexibility index (Phi) is 4.79. The van der Waals surface area contributed by atoms with Crippen molar-refractivity contribution in [3.05, 3.63) is 29.6 Å². The maximum absolute atomic E-state index is 11.6. The summed E-state index contributed by atoms with van der Waals surface area (Å²) in [7, 11) is 0. The van der Waals surface area contributed by atoms with Crippen LogP contribution in [0.25, 0.3) is 0 Å². The second-order valence-corrected chi connectivity index (χ2v) is 4.33. The van der Waals surface area contributed by atoms with Crippen LogP contribution >= 0.6 is 0 Å². The quantitative estimate of drug-likeness (QED) is 0.701. The van der Waals surface area contributed by atoms with Gasteiger partial charge in [-0.25, -0.2) is 4.79 Å². The molecule has 6 nitrogen and oxygen atoms in total. The molecule has 0 radical (unpaired) electrons. The Labute approximate surface area is 105 Å². The third-order valence-electron chi connectivity index (χ3n) is 2.53. The number of aromatic carboxylic acids is 1. The van der Waals surface area contributed by atoms with Gasteiger partial charge in [-0.05, 0) is 18.1 Å². The first-order chi connectivity index (χ1) is 8.41. The number of carboxylic acid groups (broad SMARTS) is 1. The lowest BCUT2D eigenvalue weighted by molar-refractivity contribution is -0.123. The van der Waals surface area contributed by atoms with Crippen molar-refractivity contribution in [2.75, 3.05) is 0 Å². The number of carboxylic acids is 1. The van der Waals surface area contributed by atoms with E-state index in [4.69, 9.17) is 10.8 Å². The van der Waals surface area contributed by atoms with E-state index in [1.165, 1.54) is 18.3 Å². The minimum absolute atomic E-state index is 0.0447. The zero-order valence-corrected chi connectivity index (χ0v) is 10.4. The van der Waals surface area contributed by atoms with Crippen LogP contribution in [0.3, 0.4) is 0 Å². The van der Waals surface area contributed by atoms with E-state index in [9.17, 15) is 9.59 Å².